The molecule has 2 heterocycles. The van der Waals surface area contributed by atoms with E-state index in [9.17, 15) is 20.0 Å². The molecule has 10 nitrogen and oxygen atoms in total. The van der Waals surface area contributed by atoms with Crippen LogP contribution in [-0.4, -0.2) is 72.9 Å². The highest BCUT2D eigenvalue weighted by Crippen LogP contribution is 2.38. The van der Waals surface area contributed by atoms with Crippen LogP contribution >= 0.6 is 0 Å². The fourth-order valence-electron chi connectivity index (χ4n) is 5.15. The average Bonchev–Trinajstić information content (AvgIpc) is 3.42. The van der Waals surface area contributed by atoms with E-state index in [4.69, 9.17) is 0 Å². The van der Waals surface area contributed by atoms with Crippen LogP contribution in [0, 0.1) is 17.4 Å². The minimum atomic E-state index is -0.917. The standard InChI is InChI=1S/C21H31N7O3/c1-13-7-8-17(13)28(21(31)18-9-15(29)11-27(18)12-22)19(16-10-23-26-25-16)20(30)24-14-5-3-2-4-6-14/h10,13-15,17-19,29H,2-9,11H2,1H3,(H,24,30)(H,23,25,26)/t13-,15+,17?,18+,19?/m0/s1. The maximum Gasteiger partial charge on any atom is 0.249 e. The van der Waals surface area contributed by atoms with Gasteiger partial charge in [-0.3, -0.25) is 14.5 Å². The first-order valence-corrected chi connectivity index (χ1v) is 11.3. The Morgan fingerprint density at radius 3 is 2.68 bits per heavy atom. The summed E-state index contributed by atoms with van der Waals surface area (Å²) in [6, 6.07) is -1.72. The number of hydrogen-bond donors (Lipinski definition) is 3. The van der Waals surface area contributed by atoms with Crippen molar-refractivity contribution < 1.29 is 14.7 Å². The molecule has 168 valence electrons. The van der Waals surface area contributed by atoms with Gasteiger partial charge in [0, 0.05) is 18.5 Å². The van der Waals surface area contributed by atoms with Crippen LogP contribution in [0.5, 0.6) is 0 Å². The first kappa shape index (κ1) is 21.6. The van der Waals surface area contributed by atoms with Gasteiger partial charge in [0.2, 0.25) is 11.8 Å². The number of likely N-dealkylation sites (tertiary alicyclic amines) is 1. The van der Waals surface area contributed by atoms with Gasteiger partial charge in [-0.25, -0.2) is 0 Å². The lowest BCUT2D eigenvalue weighted by molar-refractivity contribution is -0.151. The van der Waals surface area contributed by atoms with Crippen LogP contribution < -0.4 is 5.32 Å². The summed E-state index contributed by atoms with van der Waals surface area (Å²) in [4.78, 5) is 30.2. The number of carbonyl (C=O) groups excluding carboxylic acids is 2. The number of hydrogen-bond acceptors (Lipinski definition) is 7. The second-order valence-corrected chi connectivity index (χ2v) is 9.17. The van der Waals surface area contributed by atoms with E-state index in [1.807, 2.05) is 6.19 Å². The molecule has 0 bridgehead atoms. The summed E-state index contributed by atoms with van der Waals surface area (Å²) in [6.07, 6.45) is 9.92. The maximum absolute atomic E-state index is 13.8. The third-order valence-corrected chi connectivity index (χ3v) is 7.07. The monoisotopic (exact) mass is 429 g/mol. The Labute approximate surface area is 182 Å². The minimum Gasteiger partial charge on any atom is -0.391 e. The third-order valence-electron chi connectivity index (χ3n) is 7.07. The zero-order chi connectivity index (χ0) is 22.0. The molecule has 2 amide bonds. The van der Waals surface area contributed by atoms with E-state index in [-0.39, 0.29) is 42.8 Å². The first-order chi connectivity index (χ1) is 15.0. The summed E-state index contributed by atoms with van der Waals surface area (Å²) in [6.45, 7) is 2.20. The van der Waals surface area contributed by atoms with Crippen molar-refractivity contribution in [2.75, 3.05) is 6.54 Å². The van der Waals surface area contributed by atoms with Crippen molar-refractivity contribution in [1.29, 1.82) is 5.26 Å². The van der Waals surface area contributed by atoms with Gasteiger partial charge >= 0.3 is 0 Å². The van der Waals surface area contributed by atoms with Crippen molar-refractivity contribution in [3.8, 4) is 6.19 Å². The number of aromatic nitrogens is 3. The topological polar surface area (TPSA) is 138 Å². The smallest absolute Gasteiger partial charge is 0.249 e. The molecule has 2 saturated carbocycles. The van der Waals surface area contributed by atoms with Crippen molar-refractivity contribution in [2.45, 2.75) is 88.6 Å². The van der Waals surface area contributed by atoms with Crippen molar-refractivity contribution in [1.82, 2.24) is 30.5 Å². The lowest BCUT2D eigenvalue weighted by Crippen LogP contribution is -2.58. The fourth-order valence-corrected chi connectivity index (χ4v) is 5.15. The van der Waals surface area contributed by atoms with E-state index < -0.39 is 18.2 Å². The second-order valence-electron chi connectivity index (χ2n) is 9.17. The van der Waals surface area contributed by atoms with Crippen LogP contribution in [0.15, 0.2) is 6.20 Å². The van der Waals surface area contributed by atoms with Gasteiger partial charge in [0.1, 0.15) is 11.7 Å². The van der Waals surface area contributed by atoms with Crippen LogP contribution in [0.3, 0.4) is 0 Å². The Bertz CT molecular complexity index is 817. The number of nitrogens with zero attached hydrogens (tertiary/aromatic N) is 5. The summed E-state index contributed by atoms with van der Waals surface area (Å²) in [5, 5.41) is 33.3. The number of carbonyl (C=O) groups is 2. The summed E-state index contributed by atoms with van der Waals surface area (Å²) in [5.41, 5.74) is 0.391. The van der Waals surface area contributed by atoms with Crippen LogP contribution in [-0.2, 0) is 9.59 Å². The van der Waals surface area contributed by atoms with Gasteiger partial charge in [-0.05, 0) is 31.6 Å². The molecule has 3 aliphatic rings. The van der Waals surface area contributed by atoms with Gasteiger partial charge in [0.15, 0.2) is 12.2 Å². The molecule has 3 N–H and O–H groups in total. The van der Waals surface area contributed by atoms with Crippen LogP contribution in [0.4, 0.5) is 0 Å². The minimum absolute atomic E-state index is 0.0929. The van der Waals surface area contributed by atoms with E-state index >= 15 is 0 Å². The number of aromatic amines is 1. The number of aliphatic hydroxyl groups is 1. The molecule has 10 heteroatoms. The number of amides is 2. The molecular weight excluding hydrogens is 398 g/mol. The molecule has 1 saturated heterocycles. The Balaban J connectivity index is 1.65. The lowest BCUT2D eigenvalue weighted by Gasteiger charge is -2.47. The van der Waals surface area contributed by atoms with Gasteiger partial charge in [0.25, 0.3) is 0 Å². The Morgan fingerprint density at radius 1 is 1.32 bits per heavy atom. The fraction of sp³-hybridized carbons (Fsp3) is 0.762. The van der Waals surface area contributed by atoms with E-state index in [0.717, 1.165) is 38.5 Å². The molecule has 4 rings (SSSR count). The van der Waals surface area contributed by atoms with E-state index in [1.54, 1.807) is 4.90 Å². The molecule has 5 atom stereocenters. The second kappa shape index (κ2) is 9.22. The van der Waals surface area contributed by atoms with Crippen molar-refractivity contribution in [3.05, 3.63) is 11.9 Å². The molecule has 3 fully saturated rings. The molecule has 1 aliphatic heterocycles. The van der Waals surface area contributed by atoms with Crippen LogP contribution in [0.1, 0.15) is 70.0 Å². The Kier molecular flexibility index (Phi) is 6.41. The highest BCUT2D eigenvalue weighted by molar-refractivity contribution is 5.91. The summed E-state index contributed by atoms with van der Waals surface area (Å²) < 4.78 is 0. The van der Waals surface area contributed by atoms with Gasteiger partial charge < -0.3 is 15.3 Å². The third kappa shape index (κ3) is 4.37. The predicted molar refractivity (Wildman–Crippen MR) is 110 cm³/mol. The molecule has 0 spiro atoms. The quantitative estimate of drug-likeness (QED) is 0.570. The highest BCUT2D eigenvalue weighted by atomic mass is 16.3. The molecule has 0 radical (unpaired) electrons. The summed E-state index contributed by atoms with van der Waals surface area (Å²) in [7, 11) is 0. The Morgan fingerprint density at radius 2 is 2.10 bits per heavy atom. The van der Waals surface area contributed by atoms with Gasteiger partial charge in [-0.1, -0.05) is 26.2 Å². The van der Waals surface area contributed by atoms with Gasteiger partial charge in [-0.2, -0.15) is 20.7 Å². The first-order valence-electron chi connectivity index (χ1n) is 11.3. The van der Waals surface area contributed by atoms with E-state index in [0.29, 0.717) is 5.69 Å². The van der Waals surface area contributed by atoms with Gasteiger partial charge in [0.05, 0.1) is 18.8 Å². The molecular formula is C21H31N7O3. The van der Waals surface area contributed by atoms with Crippen molar-refractivity contribution in [2.24, 2.45) is 5.92 Å². The maximum atomic E-state index is 13.8. The number of rotatable bonds is 6. The molecule has 31 heavy (non-hydrogen) atoms. The zero-order valence-electron chi connectivity index (χ0n) is 17.9. The predicted octanol–water partition coefficient (Wildman–Crippen LogP) is 0.838. The van der Waals surface area contributed by atoms with Crippen LogP contribution in [0.25, 0.3) is 0 Å². The summed E-state index contributed by atoms with van der Waals surface area (Å²) in [5.74, 6) is -0.320. The number of nitriles is 1. The molecule has 2 aliphatic carbocycles. The largest absolute Gasteiger partial charge is 0.391 e. The van der Waals surface area contributed by atoms with Crippen LogP contribution in [0.2, 0.25) is 0 Å². The number of aliphatic hydroxyl groups excluding tert-OH is 1. The molecule has 1 aromatic rings. The summed E-state index contributed by atoms with van der Waals surface area (Å²) >= 11 is 0. The molecule has 1 aromatic heterocycles. The SMILES string of the molecule is C[C@H]1CCC1N(C(=O)[C@H]1C[C@@H](O)CN1C#N)C(C(=O)NC1CCCCC1)c1cn[nH]n1. The lowest BCUT2D eigenvalue weighted by atomic mass is 9.78. The Hall–Kier alpha value is -2.67. The van der Waals surface area contributed by atoms with Gasteiger partial charge in [-0.15, -0.1) is 0 Å². The zero-order valence-corrected chi connectivity index (χ0v) is 17.9. The molecule has 2 unspecified atom stereocenters. The number of H-pyrrole nitrogens is 1. The van der Waals surface area contributed by atoms with E-state index in [1.165, 1.54) is 17.5 Å². The number of β-amino-alcohol motifs (C(OH)–C–C–N with tert-alkyl or cyclic N) is 1. The number of nitrogens with one attached hydrogen (secondary N) is 2. The highest BCUT2D eigenvalue weighted by Gasteiger charge is 2.48. The normalized spacial score (nSPS) is 29.6. The van der Waals surface area contributed by atoms with Crippen molar-refractivity contribution >= 4 is 11.8 Å². The van der Waals surface area contributed by atoms with E-state index in [2.05, 4.69) is 27.7 Å². The molecule has 0 aromatic carbocycles. The average molecular weight is 430 g/mol. The van der Waals surface area contributed by atoms with Crippen molar-refractivity contribution in [3.63, 3.8) is 0 Å².